The van der Waals surface area contributed by atoms with E-state index in [4.69, 9.17) is 9.97 Å². The van der Waals surface area contributed by atoms with Crippen LogP contribution in [-0.4, -0.2) is 19.5 Å². The number of thioether (sulfide) groups is 1. The Kier molecular flexibility index (Phi) is 5.37. The summed E-state index contributed by atoms with van der Waals surface area (Å²) in [4.78, 5) is 41.2. The fourth-order valence-electron chi connectivity index (χ4n) is 5.31. The number of nitrogens with one attached hydrogen (secondary N) is 1. The predicted molar refractivity (Wildman–Crippen MR) is 134 cm³/mol. The van der Waals surface area contributed by atoms with Gasteiger partial charge in [-0.05, 0) is 55.7 Å². The lowest BCUT2D eigenvalue weighted by molar-refractivity contribution is 0.457. The van der Waals surface area contributed by atoms with Gasteiger partial charge in [-0.15, -0.1) is 11.3 Å². The highest BCUT2D eigenvalue weighted by Gasteiger charge is 2.25. The quantitative estimate of drug-likeness (QED) is 0.321. The van der Waals surface area contributed by atoms with Crippen LogP contribution >= 0.6 is 23.1 Å². The summed E-state index contributed by atoms with van der Waals surface area (Å²) >= 11 is 3.16. The molecule has 1 aromatic carbocycles. The van der Waals surface area contributed by atoms with E-state index in [-0.39, 0.29) is 17.2 Å². The van der Waals surface area contributed by atoms with Crippen molar-refractivity contribution in [3.63, 3.8) is 0 Å². The van der Waals surface area contributed by atoms with E-state index < -0.39 is 0 Å². The number of para-hydroxylation sites is 1. The summed E-state index contributed by atoms with van der Waals surface area (Å²) in [5, 5.41) is 2.16. The molecular weight excluding hydrogens is 452 g/mol. The van der Waals surface area contributed by atoms with Crippen LogP contribution in [0.15, 0.2) is 39.0 Å². The number of hydrogen-bond acceptors (Lipinski definition) is 6. The van der Waals surface area contributed by atoms with Crippen molar-refractivity contribution in [1.82, 2.24) is 19.5 Å². The summed E-state index contributed by atoms with van der Waals surface area (Å²) < 4.78 is 1.89. The Labute approximate surface area is 199 Å². The molecule has 1 unspecified atom stereocenters. The van der Waals surface area contributed by atoms with Crippen LogP contribution in [0.4, 0.5) is 0 Å². The average molecular weight is 479 g/mol. The molecule has 6 rings (SSSR count). The van der Waals surface area contributed by atoms with Gasteiger partial charge in [-0.2, -0.15) is 0 Å². The molecule has 2 aliphatic rings. The zero-order valence-electron chi connectivity index (χ0n) is 18.6. The summed E-state index contributed by atoms with van der Waals surface area (Å²) in [6, 6.07) is 7.75. The number of hydrogen-bond donors (Lipinski definition) is 1. The van der Waals surface area contributed by atoms with E-state index in [1.54, 1.807) is 11.3 Å². The number of rotatable bonds is 4. The minimum Gasteiger partial charge on any atom is -0.309 e. The van der Waals surface area contributed by atoms with Gasteiger partial charge in [-0.1, -0.05) is 43.7 Å². The van der Waals surface area contributed by atoms with Gasteiger partial charge in [0.2, 0.25) is 0 Å². The first-order valence-corrected chi connectivity index (χ1v) is 13.6. The highest BCUT2D eigenvalue weighted by Crippen LogP contribution is 2.36. The number of benzene rings is 1. The first-order chi connectivity index (χ1) is 16.1. The molecule has 4 aromatic rings. The molecule has 0 aliphatic heterocycles. The van der Waals surface area contributed by atoms with Crippen LogP contribution < -0.4 is 11.1 Å². The van der Waals surface area contributed by atoms with E-state index in [0.717, 1.165) is 60.7 Å². The zero-order chi connectivity index (χ0) is 22.5. The third kappa shape index (κ3) is 3.73. The van der Waals surface area contributed by atoms with E-state index in [1.807, 2.05) is 28.8 Å². The molecule has 1 fully saturated rings. The number of H-pyrrole nitrogens is 1. The lowest BCUT2D eigenvalue weighted by Gasteiger charge is -2.18. The smallest absolute Gasteiger partial charge is 0.262 e. The fraction of sp³-hybridized carbons (Fsp3) is 0.440. The van der Waals surface area contributed by atoms with Gasteiger partial charge >= 0.3 is 0 Å². The molecule has 0 bridgehead atoms. The van der Waals surface area contributed by atoms with Gasteiger partial charge < -0.3 is 4.98 Å². The predicted octanol–water partition coefficient (Wildman–Crippen LogP) is 5.23. The molecule has 6 nitrogen and oxygen atoms in total. The van der Waals surface area contributed by atoms with Crippen LogP contribution in [0.1, 0.15) is 61.3 Å². The number of nitrogens with zero attached hydrogens (tertiary/aromatic N) is 3. The fourth-order valence-corrected chi connectivity index (χ4v) is 7.65. The van der Waals surface area contributed by atoms with Gasteiger partial charge in [-0.25, -0.2) is 9.97 Å². The minimum atomic E-state index is -0.0395. The SMILES string of the molecule is CC1CCc2c(sc3nc(CSc4nc5ccccc5c(=O)n4C4CCCC4)[nH]c(=O)c23)C1. The maximum Gasteiger partial charge on any atom is 0.262 e. The maximum absolute atomic E-state index is 13.4. The monoisotopic (exact) mass is 478 g/mol. The topological polar surface area (TPSA) is 80.6 Å². The molecule has 0 saturated heterocycles. The van der Waals surface area contributed by atoms with Crippen molar-refractivity contribution in [3.05, 3.63) is 61.2 Å². The Morgan fingerprint density at radius 3 is 2.82 bits per heavy atom. The maximum atomic E-state index is 13.4. The molecule has 3 aromatic heterocycles. The van der Waals surface area contributed by atoms with Crippen molar-refractivity contribution in [2.24, 2.45) is 5.92 Å². The van der Waals surface area contributed by atoms with E-state index >= 15 is 0 Å². The van der Waals surface area contributed by atoms with E-state index in [1.165, 1.54) is 22.2 Å². The third-order valence-electron chi connectivity index (χ3n) is 7.02. The van der Waals surface area contributed by atoms with Crippen molar-refractivity contribution >= 4 is 44.2 Å². The van der Waals surface area contributed by atoms with E-state index in [0.29, 0.717) is 28.0 Å². The number of thiophene rings is 1. The Balaban J connectivity index is 1.37. The van der Waals surface area contributed by atoms with Crippen LogP contribution in [0, 0.1) is 5.92 Å². The second-order valence-electron chi connectivity index (χ2n) is 9.36. The van der Waals surface area contributed by atoms with Crippen molar-refractivity contribution in [3.8, 4) is 0 Å². The minimum absolute atomic E-state index is 0.0342. The highest BCUT2D eigenvalue weighted by atomic mass is 32.2. The van der Waals surface area contributed by atoms with Gasteiger partial charge in [0, 0.05) is 10.9 Å². The summed E-state index contributed by atoms with van der Waals surface area (Å²) in [5.41, 5.74) is 1.91. The number of aromatic amines is 1. The molecule has 0 radical (unpaired) electrons. The third-order valence-corrected chi connectivity index (χ3v) is 9.13. The largest absolute Gasteiger partial charge is 0.309 e. The molecule has 170 valence electrons. The summed E-state index contributed by atoms with van der Waals surface area (Å²) in [7, 11) is 0. The Bertz CT molecular complexity index is 1480. The number of fused-ring (bicyclic) bond motifs is 4. The lowest BCUT2D eigenvalue weighted by atomic mass is 9.89. The van der Waals surface area contributed by atoms with Crippen molar-refractivity contribution in [2.45, 2.75) is 68.8 Å². The van der Waals surface area contributed by atoms with E-state index in [2.05, 4.69) is 11.9 Å². The van der Waals surface area contributed by atoms with Crippen LogP contribution in [-0.2, 0) is 18.6 Å². The van der Waals surface area contributed by atoms with Crippen molar-refractivity contribution in [1.29, 1.82) is 0 Å². The Morgan fingerprint density at radius 1 is 1.15 bits per heavy atom. The molecule has 8 heteroatoms. The normalized spacial score (nSPS) is 18.9. The molecule has 1 atom stereocenters. The molecule has 3 heterocycles. The molecule has 33 heavy (non-hydrogen) atoms. The highest BCUT2D eigenvalue weighted by molar-refractivity contribution is 7.98. The standard InChI is InChI=1S/C25H26N4O2S2/c1-14-10-11-17-19(12-14)33-23-21(17)22(30)27-20(28-23)13-32-25-26-18-9-5-4-8-16(18)24(31)29(25)15-6-2-3-7-15/h4-5,8-9,14-15H,2-3,6-7,10-13H2,1H3,(H,27,28,30). The van der Waals surface area contributed by atoms with Gasteiger partial charge in [0.15, 0.2) is 5.16 Å². The van der Waals surface area contributed by atoms with Crippen LogP contribution in [0.25, 0.3) is 21.1 Å². The van der Waals surface area contributed by atoms with Gasteiger partial charge in [0.05, 0.1) is 22.0 Å². The molecule has 0 amide bonds. The summed E-state index contributed by atoms with van der Waals surface area (Å²) in [6.07, 6.45) is 7.42. The van der Waals surface area contributed by atoms with E-state index in [9.17, 15) is 9.59 Å². The van der Waals surface area contributed by atoms with Crippen LogP contribution in [0.2, 0.25) is 0 Å². The van der Waals surface area contributed by atoms with Gasteiger partial charge in [0.25, 0.3) is 11.1 Å². The first kappa shape index (κ1) is 21.1. The lowest BCUT2D eigenvalue weighted by Crippen LogP contribution is -2.26. The zero-order valence-corrected chi connectivity index (χ0v) is 20.2. The van der Waals surface area contributed by atoms with Crippen molar-refractivity contribution < 1.29 is 0 Å². The number of aromatic nitrogens is 4. The summed E-state index contributed by atoms with van der Waals surface area (Å²) in [5.74, 6) is 1.78. The second-order valence-corrected chi connectivity index (χ2v) is 11.4. The molecule has 0 spiro atoms. The van der Waals surface area contributed by atoms with Gasteiger partial charge in [-0.3, -0.25) is 14.2 Å². The molecule has 2 aliphatic carbocycles. The van der Waals surface area contributed by atoms with Gasteiger partial charge in [0.1, 0.15) is 10.7 Å². The summed E-state index contributed by atoms with van der Waals surface area (Å²) in [6.45, 7) is 2.27. The Hall–Kier alpha value is -2.45. The molecular formula is C25H26N4O2S2. The Morgan fingerprint density at radius 2 is 1.97 bits per heavy atom. The first-order valence-electron chi connectivity index (χ1n) is 11.8. The number of aryl methyl sites for hydroxylation is 1. The van der Waals surface area contributed by atoms with Crippen LogP contribution in [0.3, 0.4) is 0 Å². The molecule has 1 saturated carbocycles. The average Bonchev–Trinajstić information content (AvgIpc) is 3.45. The van der Waals surface area contributed by atoms with Crippen LogP contribution in [0.5, 0.6) is 0 Å². The molecule has 1 N–H and O–H groups in total. The second kappa shape index (κ2) is 8.40. The van der Waals surface area contributed by atoms with Crippen molar-refractivity contribution in [2.75, 3.05) is 0 Å².